The number of nitrogens with one attached hydrogen (secondary N) is 2. The summed E-state index contributed by atoms with van der Waals surface area (Å²) in [5, 5.41) is 0. The number of carbonyl (C=O) groups excluding carboxylic acids is 3. The fraction of sp³-hybridized carbons (Fsp3) is 0.118. The molecule has 0 spiro atoms. The number of carbonyl (C=O) groups is 3. The molecule has 2 rings (SSSR count). The molecule has 0 aliphatic carbocycles. The van der Waals surface area contributed by atoms with Gasteiger partial charge in [-0.15, -0.1) is 0 Å². The molecule has 2 N–H and O–H groups in total. The largest absolute Gasteiger partial charge is 0.482 e. The number of rotatable bonds is 6. The molecule has 0 aliphatic heterocycles. The van der Waals surface area contributed by atoms with Crippen LogP contribution in [0, 0.1) is 0 Å². The van der Waals surface area contributed by atoms with Gasteiger partial charge in [0, 0.05) is 10.0 Å². The van der Waals surface area contributed by atoms with Gasteiger partial charge in [-0.05, 0) is 30.3 Å². The zero-order valence-corrected chi connectivity index (χ0v) is 14.6. The van der Waals surface area contributed by atoms with Crippen molar-refractivity contribution in [3.63, 3.8) is 0 Å². The number of hydrogen-bond acceptors (Lipinski definition) is 5. The lowest BCUT2D eigenvalue weighted by Crippen LogP contribution is -2.43. The molecular weight excluding hydrogens is 392 g/mol. The molecule has 7 nitrogen and oxygen atoms in total. The zero-order chi connectivity index (χ0) is 18.1. The Kier molecular flexibility index (Phi) is 6.97. The first-order valence-corrected chi connectivity index (χ1v) is 8.02. The van der Waals surface area contributed by atoms with Crippen LogP contribution in [0.1, 0.15) is 10.4 Å². The van der Waals surface area contributed by atoms with Gasteiger partial charge < -0.3 is 9.47 Å². The van der Waals surface area contributed by atoms with Crippen LogP contribution >= 0.6 is 15.9 Å². The topological polar surface area (TPSA) is 93.7 Å². The van der Waals surface area contributed by atoms with Gasteiger partial charge in [0.1, 0.15) is 5.75 Å². The molecule has 0 saturated heterocycles. The van der Waals surface area contributed by atoms with Gasteiger partial charge in [-0.25, -0.2) is 4.79 Å². The Morgan fingerprint density at radius 3 is 2.40 bits per heavy atom. The molecule has 2 aromatic rings. The van der Waals surface area contributed by atoms with E-state index in [1.807, 2.05) is 6.07 Å². The van der Waals surface area contributed by atoms with Crippen molar-refractivity contribution in [1.82, 2.24) is 10.9 Å². The minimum atomic E-state index is -0.704. The molecular formula is C17H15BrN2O5. The summed E-state index contributed by atoms with van der Waals surface area (Å²) in [5.74, 6) is -1.35. The number of hydrazine groups is 1. The molecule has 0 unspecified atom stereocenters. The van der Waals surface area contributed by atoms with E-state index in [4.69, 9.17) is 9.47 Å². The van der Waals surface area contributed by atoms with Gasteiger partial charge >= 0.3 is 5.97 Å². The predicted octanol–water partition coefficient (Wildman–Crippen LogP) is 1.83. The number of benzene rings is 2. The second-order valence-electron chi connectivity index (χ2n) is 4.78. The Hall–Kier alpha value is -2.87. The van der Waals surface area contributed by atoms with Crippen molar-refractivity contribution >= 4 is 33.7 Å². The Morgan fingerprint density at radius 1 is 0.920 bits per heavy atom. The fourth-order valence-corrected chi connectivity index (χ4v) is 2.09. The van der Waals surface area contributed by atoms with E-state index in [0.717, 1.165) is 4.47 Å². The second-order valence-corrected chi connectivity index (χ2v) is 5.69. The highest BCUT2D eigenvalue weighted by Crippen LogP contribution is 2.17. The van der Waals surface area contributed by atoms with E-state index < -0.39 is 24.4 Å². The van der Waals surface area contributed by atoms with Crippen LogP contribution in [0.15, 0.2) is 59.1 Å². The quantitative estimate of drug-likeness (QED) is 0.563. The van der Waals surface area contributed by atoms with Crippen molar-refractivity contribution in [2.24, 2.45) is 0 Å². The van der Waals surface area contributed by atoms with Crippen molar-refractivity contribution < 1.29 is 23.9 Å². The summed E-state index contributed by atoms with van der Waals surface area (Å²) in [6.07, 6.45) is 0. The highest BCUT2D eigenvalue weighted by atomic mass is 79.9. The molecule has 0 bridgehead atoms. The van der Waals surface area contributed by atoms with Gasteiger partial charge in [0.25, 0.3) is 11.8 Å². The number of halogens is 1. The molecule has 0 aliphatic rings. The maximum absolute atomic E-state index is 11.7. The van der Waals surface area contributed by atoms with Gasteiger partial charge in [0.15, 0.2) is 13.2 Å². The normalized spacial score (nSPS) is 9.80. The average molecular weight is 407 g/mol. The molecule has 2 amide bonds. The van der Waals surface area contributed by atoms with Crippen LogP contribution in [-0.4, -0.2) is 31.0 Å². The lowest BCUT2D eigenvalue weighted by molar-refractivity contribution is -0.150. The molecule has 0 heterocycles. The third kappa shape index (κ3) is 6.64. The van der Waals surface area contributed by atoms with Gasteiger partial charge in [-0.2, -0.15) is 0 Å². The average Bonchev–Trinajstić information content (AvgIpc) is 2.63. The van der Waals surface area contributed by atoms with Crippen LogP contribution in [0.5, 0.6) is 5.75 Å². The van der Waals surface area contributed by atoms with Crippen molar-refractivity contribution in [3.8, 4) is 5.75 Å². The molecule has 130 valence electrons. The number of amides is 2. The van der Waals surface area contributed by atoms with Crippen LogP contribution < -0.4 is 15.6 Å². The highest BCUT2D eigenvalue weighted by molar-refractivity contribution is 9.10. The van der Waals surface area contributed by atoms with Crippen LogP contribution in [-0.2, 0) is 14.3 Å². The standard InChI is InChI=1S/C17H15BrN2O5/c18-13-7-4-8-14(9-13)24-11-16(22)25-10-15(21)19-20-17(23)12-5-2-1-3-6-12/h1-9H,10-11H2,(H,19,21)(H,20,23). The zero-order valence-electron chi connectivity index (χ0n) is 13.0. The van der Waals surface area contributed by atoms with Crippen LogP contribution in [0.4, 0.5) is 0 Å². The summed E-state index contributed by atoms with van der Waals surface area (Å²) < 4.78 is 10.8. The van der Waals surface area contributed by atoms with E-state index in [-0.39, 0.29) is 6.61 Å². The summed E-state index contributed by atoms with van der Waals surface area (Å²) in [7, 11) is 0. The monoisotopic (exact) mass is 406 g/mol. The first-order chi connectivity index (χ1) is 12.0. The van der Waals surface area contributed by atoms with Crippen molar-refractivity contribution in [2.75, 3.05) is 13.2 Å². The molecule has 0 aromatic heterocycles. The summed E-state index contributed by atoms with van der Waals surface area (Å²) in [4.78, 5) is 34.8. The lowest BCUT2D eigenvalue weighted by atomic mass is 10.2. The van der Waals surface area contributed by atoms with E-state index in [2.05, 4.69) is 26.8 Å². The number of ether oxygens (including phenoxy) is 2. The van der Waals surface area contributed by atoms with Gasteiger partial charge in [0.2, 0.25) is 0 Å². The Morgan fingerprint density at radius 2 is 1.68 bits per heavy atom. The second kappa shape index (κ2) is 9.43. The summed E-state index contributed by atoms with van der Waals surface area (Å²) in [5.41, 5.74) is 4.77. The van der Waals surface area contributed by atoms with Crippen molar-refractivity contribution in [2.45, 2.75) is 0 Å². The van der Waals surface area contributed by atoms with Crippen molar-refractivity contribution in [3.05, 3.63) is 64.6 Å². The Bertz CT molecular complexity index is 752. The third-order valence-electron chi connectivity index (χ3n) is 2.87. The van der Waals surface area contributed by atoms with Gasteiger partial charge in [-0.3, -0.25) is 20.4 Å². The van der Waals surface area contributed by atoms with Gasteiger partial charge in [-0.1, -0.05) is 40.2 Å². The van der Waals surface area contributed by atoms with E-state index in [0.29, 0.717) is 11.3 Å². The van der Waals surface area contributed by atoms with E-state index in [1.54, 1.807) is 48.5 Å². The molecule has 0 fully saturated rings. The number of esters is 1. The predicted molar refractivity (Wildman–Crippen MR) is 92.6 cm³/mol. The molecule has 8 heteroatoms. The minimum absolute atomic E-state index is 0.333. The van der Waals surface area contributed by atoms with Crippen molar-refractivity contribution in [1.29, 1.82) is 0 Å². The molecule has 0 saturated carbocycles. The summed E-state index contributed by atoms with van der Waals surface area (Å²) in [6, 6.07) is 15.3. The van der Waals surface area contributed by atoms with E-state index >= 15 is 0 Å². The molecule has 0 radical (unpaired) electrons. The third-order valence-corrected chi connectivity index (χ3v) is 3.36. The van der Waals surface area contributed by atoms with Crippen LogP contribution in [0.25, 0.3) is 0 Å². The smallest absolute Gasteiger partial charge is 0.344 e. The minimum Gasteiger partial charge on any atom is -0.482 e. The fourth-order valence-electron chi connectivity index (χ4n) is 1.71. The molecule has 0 atom stereocenters. The molecule has 25 heavy (non-hydrogen) atoms. The highest BCUT2D eigenvalue weighted by Gasteiger charge is 2.10. The molecule has 2 aromatic carbocycles. The maximum atomic E-state index is 11.7. The van der Waals surface area contributed by atoms with E-state index in [9.17, 15) is 14.4 Å². The maximum Gasteiger partial charge on any atom is 0.344 e. The summed E-state index contributed by atoms with van der Waals surface area (Å²) >= 11 is 3.28. The van der Waals surface area contributed by atoms with Crippen LogP contribution in [0.3, 0.4) is 0 Å². The first kappa shape index (κ1) is 18.5. The number of hydrogen-bond donors (Lipinski definition) is 2. The van der Waals surface area contributed by atoms with Gasteiger partial charge in [0.05, 0.1) is 0 Å². The summed E-state index contributed by atoms with van der Waals surface area (Å²) in [6.45, 7) is -0.865. The SMILES string of the molecule is O=C(COC(=O)COc1cccc(Br)c1)NNC(=O)c1ccccc1. The lowest BCUT2D eigenvalue weighted by Gasteiger charge is -2.09. The van der Waals surface area contributed by atoms with E-state index in [1.165, 1.54) is 0 Å². The Balaban J connectivity index is 1.65. The Labute approximate surface area is 152 Å². The van der Waals surface area contributed by atoms with Crippen LogP contribution in [0.2, 0.25) is 0 Å². The first-order valence-electron chi connectivity index (χ1n) is 7.23.